The predicted octanol–water partition coefficient (Wildman–Crippen LogP) is 5.65. The molecule has 3 rings (SSSR count). The minimum atomic E-state index is -1.29. The molecule has 0 spiro atoms. The quantitative estimate of drug-likeness (QED) is 0.122. The summed E-state index contributed by atoms with van der Waals surface area (Å²) >= 11 is 1.40. The van der Waals surface area contributed by atoms with Gasteiger partial charge < -0.3 is 10.1 Å². The average Bonchev–Trinajstić information content (AvgIpc) is 3.14. The fourth-order valence-electron chi connectivity index (χ4n) is 3.36. The normalized spacial score (nSPS) is 11.5. The van der Waals surface area contributed by atoms with E-state index < -0.39 is 24.5 Å². The lowest BCUT2D eigenvalue weighted by molar-refractivity contribution is -0.387. The zero-order chi connectivity index (χ0) is 25.8. The smallest absolute Gasteiger partial charge is 0.305 e. The van der Waals surface area contributed by atoms with Crippen LogP contribution in [0.1, 0.15) is 6.92 Å². The van der Waals surface area contributed by atoms with Gasteiger partial charge in [-0.05, 0) is 36.6 Å². The van der Waals surface area contributed by atoms with Gasteiger partial charge in [-0.2, -0.15) is 4.39 Å². The van der Waals surface area contributed by atoms with Crippen molar-refractivity contribution in [3.8, 4) is 22.5 Å². The number of aromatic nitrogens is 3. The van der Waals surface area contributed by atoms with Crippen molar-refractivity contribution in [2.75, 3.05) is 18.2 Å². The molecule has 0 radical (unpaired) electrons. The van der Waals surface area contributed by atoms with Crippen LogP contribution < -0.4 is 5.32 Å². The van der Waals surface area contributed by atoms with E-state index in [1.54, 1.807) is 18.3 Å². The number of amides is 1. The van der Waals surface area contributed by atoms with E-state index in [-0.39, 0.29) is 12.6 Å². The first-order valence-electron chi connectivity index (χ1n) is 10.9. The molecular formula is C23H28FN5O4SSi. The van der Waals surface area contributed by atoms with Crippen molar-refractivity contribution in [1.29, 1.82) is 0 Å². The highest BCUT2D eigenvalue weighted by atomic mass is 32.2. The Morgan fingerprint density at radius 3 is 2.63 bits per heavy atom. The Balaban J connectivity index is 2.15. The van der Waals surface area contributed by atoms with Crippen LogP contribution >= 0.6 is 11.8 Å². The summed E-state index contributed by atoms with van der Waals surface area (Å²) < 4.78 is 21.9. The van der Waals surface area contributed by atoms with E-state index >= 15 is 0 Å². The minimum absolute atomic E-state index is 0.212. The SMILES string of the molecule is CSc1nc(-c2ccc(F)c([N+](=O)[O-])c2)c(-c2ccnc(NC(C)=O)c2)n1COCC[Si](C)(C)C. The van der Waals surface area contributed by atoms with Crippen molar-refractivity contribution < 1.29 is 18.8 Å². The number of nitrogens with one attached hydrogen (secondary N) is 1. The first-order valence-corrected chi connectivity index (χ1v) is 15.8. The van der Waals surface area contributed by atoms with Crippen molar-refractivity contribution in [3.63, 3.8) is 0 Å². The number of ether oxygens (including phenoxy) is 1. The van der Waals surface area contributed by atoms with Gasteiger partial charge in [-0.15, -0.1) is 0 Å². The highest BCUT2D eigenvalue weighted by Gasteiger charge is 2.24. The second-order valence-electron chi connectivity index (χ2n) is 9.11. The van der Waals surface area contributed by atoms with Gasteiger partial charge >= 0.3 is 5.69 Å². The van der Waals surface area contributed by atoms with E-state index in [1.807, 2.05) is 10.8 Å². The molecule has 1 aromatic carbocycles. The van der Waals surface area contributed by atoms with E-state index in [0.717, 1.165) is 12.1 Å². The first-order chi connectivity index (χ1) is 16.5. The van der Waals surface area contributed by atoms with Crippen molar-refractivity contribution >= 4 is 37.2 Å². The van der Waals surface area contributed by atoms with E-state index in [1.165, 1.54) is 30.8 Å². The van der Waals surface area contributed by atoms with Gasteiger partial charge in [0, 0.05) is 45.0 Å². The number of thioether (sulfide) groups is 1. The van der Waals surface area contributed by atoms with Crippen LogP contribution in [0.15, 0.2) is 41.7 Å². The van der Waals surface area contributed by atoms with E-state index in [9.17, 15) is 19.3 Å². The summed E-state index contributed by atoms with van der Waals surface area (Å²) in [7, 11) is -1.29. The number of nitrogens with zero attached hydrogens (tertiary/aromatic N) is 4. The summed E-state index contributed by atoms with van der Waals surface area (Å²) in [5.74, 6) is -0.836. The molecule has 0 fully saturated rings. The first kappa shape index (κ1) is 26.5. The molecule has 0 saturated heterocycles. The lowest BCUT2D eigenvalue weighted by Gasteiger charge is -2.17. The monoisotopic (exact) mass is 517 g/mol. The molecule has 0 aliphatic carbocycles. The molecule has 1 amide bonds. The number of nitro benzene ring substituents is 1. The van der Waals surface area contributed by atoms with Gasteiger partial charge in [-0.3, -0.25) is 19.5 Å². The zero-order valence-electron chi connectivity index (χ0n) is 20.3. The molecule has 0 unspecified atom stereocenters. The summed E-state index contributed by atoms with van der Waals surface area (Å²) in [6.45, 7) is 9.00. The number of rotatable bonds is 10. The average molecular weight is 518 g/mol. The van der Waals surface area contributed by atoms with Crippen LogP contribution in [0.5, 0.6) is 0 Å². The molecule has 1 N–H and O–H groups in total. The van der Waals surface area contributed by atoms with Crippen molar-refractivity contribution in [1.82, 2.24) is 14.5 Å². The number of carbonyl (C=O) groups excluding carboxylic acids is 1. The third-order valence-corrected chi connectivity index (χ3v) is 7.47. The number of carbonyl (C=O) groups is 1. The Hall–Kier alpha value is -3.09. The molecule has 2 aromatic heterocycles. The summed E-state index contributed by atoms with van der Waals surface area (Å²) in [4.78, 5) is 31.1. The highest BCUT2D eigenvalue weighted by molar-refractivity contribution is 7.98. The van der Waals surface area contributed by atoms with Crippen LogP contribution in [0.25, 0.3) is 22.5 Å². The van der Waals surface area contributed by atoms with E-state index in [4.69, 9.17) is 9.72 Å². The highest BCUT2D eigenvalue weighted by Crippen LogP contribution is 2.37. The number of hydrogen-bond donors (Lipinski definition) is 1. The molecule has 0 aliphatic rings. The van der Waals surface area contributed by atoms with Gasteiger partial charge in [-0.1, -0.05) is 31.4 Å². The molecule has 2 heterocycles. The van der Waals surface area contributed by atoms with Crippen molar-refractivity contribution in [2.45, 2.75) is 44.5 Å². The molecule has 0 aliphatic heterocycles. The Bertz CT molecular complexity index is 1250. The topological polar surface area (TPSA) is 112 Å². The van der Waals surface area contributed by atoms with Crippen LogP contribution in [0.4, 0.5) is 15.9 Å². The molecular weight excluding hydrogens is 489 g/mol. The second kappa shape index (κ2) is 11.1. The lowest BCUT2D eigenvalue weighted by atomic mass is 10.0. The Labute approximate surface area is 208 Å². The number of pyridine rings is 1. The van der Waals surface area contributed by atoms with Crippen molar-refractivity contribution in [2.24, 2.45) is 0 Å². The molecule has 0 saturated carbocycles. The van der Waals surface area contributed by atoms with Gasteiger partial charge in [0.25, 0.3) is 0 Å². The molecule has 0 bridgehead atoms. The largest absolute Gasteiger partial charge is 0.361 e. The minimum Gasteiger partial charge on any atom is -0.361 e. The maximum Gasteiger partial charge on any atom is 0.305 e. The van der Waals surface area contributed by atoms with Crippen LogP contribution in [-0.4, -0.2) is 46.3 Å². The third kappa shape index (κ3) is 6.74. The number of imidazole rings is 1. The Morgan fingerprint density at radius 1 is 1.26 bits per heavy atom. The molecule has 35 heavy (non-hydrogen) atoms. The molecule has 12 heteroatoms. The maximum atomic E-state index is 14.0. The molecule has 9 nitrogen and oxygen atoms in total. The maximum absolute atomic E-state index is 14.0. The summed E-state index contributed by atoms with van der Waals surface area (Å²) in [6.07, 6.45) is 3.43. The molecule has 3 aromatic rings. The second-order valence-corrected chi connectivity index (χ2v) is 15.5. The zero-order valence-corrected chi connectivity index (χ0v) is 22.1. The lowest BCUT2D eigenvalue weighted by Crippen LogP contribution is -2.22. The van der Waals surface area contributed by atoms with Gasteiger partial charge in [-0.25, -0.2) is 9.97 Å². The predicted molar refractivity (Wildman–Crippen MR) is 138 cm³/mol. The molecule has 0 atom stereocenters. The number of anilines is 1. The van der Waals surface area contributed by atoms with E-state index in [2.05, 4.69) is 29.9 Å². The van der Waals surface area contributed by atoms with Gasteiger partial charge in [0.2, 0.25) is 11.7 Å². The van der Waals surface area contributed by atoms with Gasteiger partial charge in [0.05, 0.1) is 16.3 Å². The van der Waals surface area contributed by atoms with Crippen molar-refractivity contribution in [3.05, 3.63) is 52.5 Å². The number of nitro groups is 1. The van der Waals surface area contributed by atoms with Gasteiger partial charge in [0.1, 0.15) is 12.5 Å². The van der Waals surface area contributed by atoms with Crippen LogP contribution in [0.2, 0.25) is 25.7 Å². The van der Waals surface area contributed by atoms with E-state index in [0.29, 0.717) is 40.1 Å². The Kier molecular flexibility index (Phi) is 8.41. The number of benzene rings is 1. The number of halogens is 1. The fraction of sp³-hybridized carbons (Fsp3) is 0.348. The van der Waals surface area contributed by atoms with Crippen LogP contribution in [0, 0.1) is 15.9 Å². The number of hydrogen-bond acceptors (Lipinski definition) is 7. The summed E-state index contributed by atoms with van der Waals surface area (Å²) in [5.41, 5.74) is 1.49. The van der Waals surface area contributed by atoms with Gasteiger partial charge in [0.15, 0.2) is 5.16 Å². The summed E-state index contributed by atoms with van der Waals surface area (Å²) in [5, 5.41) is 14.7. The summed E-state index contributed by atoms with van der Waals surface area (Å²) in [6, 6.07) is 8.15. The fourth-order valence-corrected chi connectivity index (χ4v) is 4.67. The van der Waals surface area contributed by atoms with Crippen LogP contribution in [0.3, 0.4) is 0 Å². The van der Waals surface area contributed by atoms with Crippen LogP contribution in [-0.2, 0) is 16.3 Å². The standard InChI is InChI=1S/C23H28FN5O4SSi/c1-15(30)26-20-13-17(8-9-25-20)22-21(16-6-7-18(24)19(12-16)29(31)32)27-23(34-2)28(22)14-33-10-11-35(3,4)5/h6-9,12-13H,10-11,14H2,1-5H3,(H,25,26,30). The third-order valence-electron chi connectivity index (χ3n) is 5.09. The molecule has 186 valence electrons. The Morgan fingerprint density at radius 2 is 2.00 bits per heavy atom.